The number of para-hydroxylation sites is 1. The Hall–Kier alpha value is -3.09. The van der Waals surface area contributed by atoms with Crippen LogP contribution in [0, 0.1) is 5.92 Å². The highest BCUT2D eigenvalue weighted by Gasteiger charge is 2.39. The highest BCUT2D eigenvalue weighted by atomic mass is 19.4. The molecule has 0 bridgehead atoms. The molecule has 4 nitrogen and oxygen atoms in total. The number of ether oxygens (including phenoxy) is 1. The molecule has 1 aromatic heterocycles. The molecule has 1 aliphatic carbocycles. The molecule has 2 aromatic rings. The molecule has 176 valence electrons. The Bertz CT molecular complexity index is 1090. The highest BCUT2D eigenvalue weighted by Crippen LogP contribution is 2.40. The lowest BCUT2D eigenvalue weighted by molar-refractivity contribution is -0.175. The number of pyridine rings is 1. The largest absolute Gasteiger partial charge is 0.465 e. The van der Waals surface area contributed by atoms with E-state index in [2.05, 4.69) is 23.8 Å². The lowest BCUT2D eigenvalue weighted by atomic mass is 9.85. The minimum absolute atomic E-state index is 0.0191. The molecule has 1 amide bonds. The van der Waals surface area contributed by atoms with Crippen LogP contribution in [-0.4, -0.2) is 23.6 Å². The minimum atomic E-state index is -4.16. The van der Waals surface area contributed by atoms with E-state index in [-0.39, 0.29) is 25.3 Å². The smallest absolute Gasteiger partial charge is 0.392 e. The molecule has 0 radical (unpaired) electrons. The van der Waals surface area contributed by atoms with E-state index in [1.54, 1.807) is 12.1 Å². The van der Waals surface area contributed by atoms with E-state index in [4.69, 9.17) is 4.74 Å². The minimum Gasteiger partial charge on any atom is -0.465 e. The predicted octanol–water partition coefficient (Wildman–Crippen LogP) is 6.94. The van der Waals surface area contributed by atoms with Gasteiger partial charge < -0.3 is 10.1 Å². The SMILES string of the molecule is C=C(CNC(=O)c1cnc2c(C3=CCC(C(F)(F)F)CC3)cccc2c1)O/C(C)=C\CCC. The van der Waals surface area contributed by atoms with E-state index in [1.165, 1.54) is 6.20 Å². The van der Waals surface area contributed by atoms with Crippen molar-refractivity contribution in [2.45, 2.75) is 52.1 Å². The fourth-order valence-corrected chi connectivity index (χ4v) is 3.85. The third kappa shape index (κ3) is 6.46. The first-order valence-corrected chi connectivity index (χ1v) is 11.1. The Morgan fingerprint density at radius 1 is 1.36 bits per heavy atom. The molecule has 0 fully saturated rings. The average molecular weight is 459 g/mol. The molecule has 1 heterocycles. The number of hydrogen-bond donors (Lipinski definition) is 1. The van der Waals surface area contributed by atoms with Gasteiger partial charge in [0, 0.05) is 17.1 Å². The topological polar surface area (TPSA) is 51.2 Å². The van der Waals surface area contributed by atoms with Crippen LogP contribution in [0.1, 0.15) is 61.9 Å². The summed E-state index contributed by atoms with van der Waals surface area (Å²) in [6, 6.07) is 7.27. The first-order valence-electron chi connectivity index (χ1n) is 11.1. The third-order valence-corrected chi connectivity index (χ3v) is 5.66. The molecule has 0 saturated heterocycles. The van der Waals surface area contributed by atoms with Crippen LogP contribution in [0.25, 0.3) is 16.5 Å². The van der Waals surface area contributed by atoms with Crippen molar-refractivity contribution in [1.29, 1.82) is 0 Å². The molecule has 33 heavy (non-hydrogen) atoms. The van der Waals surface area contributed by atoms with Crippen LogP contribution in [-0.2, 0) is 4.74 Å². The number of allylic oxidation sites excluding steroid dienone is 4. The Morgan fingerprint density at radius 2 is 2.15 bits per heavy atom. The third-order valence-electron chi connectivity index (χ3n) is 5.66. The van der Waals surface area contributed by atoms with Crippen molar-refractivity contribution < 1.29 is 22.7 Å². The summed E-state index contributed by atoms with van der Waals surface area (Å²) in [6.45, 7) is 7.92. The zero-order chi connectivity index (χ0) is 24.0. The second-order valence-corrected chi connectivity index (χ2v) is 8.27. The van der Waals surface area contributed by atoms with Gasteiger partial charge in [-0.15, -0.1) is 0 Å². The summed E-state index contributed by atoms with van der Waals surface area (Å²) in [5, 5.41) is 3.53. The van der Waals surface area contributed by atoms with Gasteiger partial charge in [-0.05, 0) is 50.3 Å². The number of carbonyl (C=O) groups excluding carboxylic acids is 1. The number of halogens is 3. The van der Waals surface area contributed by atoms with Crippen molar-refractivity contribution in [3.63, 3.8) is 0 Å². The van der Waals surface area contributed by atoms with Gasteiger partial charge in [0.1, 0.15) is 5.76 Å². The van der Waals surface area contributed by atoms with Gasteiger partial charge in [0.05, 0.1) is 29.3 Å². The van der Waals surface area contributed by atoms with Gasteiger partial charge in [0.15, 0.2) is 0 Å². The molecule has 3 rings (SSSR count). The number of aromatic nitrogens is 1. The number of carbonyl (C=O) groups is 1. The lowest BCUT2D eigenvalue weighted by Crippen LogP contribution is -2.26. The number of nitrogens with one attached hydrogen (secondary N) is 1. The fourth-order valence-electron chi connectivity index (χ4n) is 3.85. The van der Waals surface area contributed by atoms with Crippen LogP contribution in [0.5, 0.6) is 0 Å². The number of alkyl halides is 3. The number of hydrogen-bond acceptors (Lipinski definition) is 3. The van der Waals surface area contributed by atoms with Crippen molar-refractivity contribution in [2.24, 2.45) is 5.92 Å². The molecule has 1 atom stereocenters. The lowest BCUT2D eigenvalue weighted by Gasteiger charge is -2.24. The summed E-state index contributed by atoms with van der Waals surface area (Å²) in [5.41, 5.74) is 2.75. The number of nitrogens with zero attached hydrogens (tertiary/aromatic N) is 1. The molecule has 0 saturated carbocycles. The van der Waals surface area contributed by atoms with Crippen LogP contribution in [0.15, 0.2) is 60.7 Å². The molecule has 1 unspecified atom stereocenters. The first kappa shape index (κ1) is 24.6. The molecule has 0 spiro atoms. The van der Waals surface area contributed by atoms with Gasteiger partial charge in [0.25, 0.3) is 5.91 Å². The number of benzene rings is 1. The number of unbranched alkanes of at least 4 members (excludes halogenated alkanes) is 1. The average Bonchev–Trinajstić information content (AvgIpc) is 2.80. The predicted molar refractivity (Wildman–Crippen MR) is 124 cm³/mol. The van der Waals surface area contributed by atoms with Crippen LogP contribution in [0.3, 0.4) is 0 Å². The number of rotatable bonds is 8. The number of amides is 1. The van der Waals surface area contributed by atoms with Crippen molar-refractivity contribution in [2.75, 3.05) is 6.54 Å². The van der Waals surface area contributed by atoms with Crippen molar-refractivity contribution >= 4 is 22.4 Å². The van der Waals surface area contributed by atoms with Crippen LogP contribution in [0.4, 0.5) is 13.2 Å². The standard InChI is InChI=1S/C26H29F3N2O2/c1-4-5-7-17(2)33-18(3)15-31-25(32)21-14-20-8-6-9-23(24(20)30-16-21)19-10-12-22(13-11-19)26(27,28)29/h6-10,14,16,22H,3-5,11-13,15H2,1-2H3,(H,31,32)/b17-7-. The second-order valence-electron chi connectivity index (χ2n) is 8.27. The molecule has 0 aliphatic heterocycles. The molecule has 7 heteroatoms. The van der Waals surface area contributed by atoms with E-state index < -0.39 is 12.1 Å². The summed E-state index contributed by atoms with van der Waals surface area (Å²) in [4.78, 5) is 17.1. The van der Waals surface area contributed by atoms with Gasteiger partial charge in [-0.2, -0.15) is 13.2 Å². The number of fused-ring (bicyclic) bond motifs is 1. The highest BCUT2D eigenvalue weighted by molar-refractivity contribution is 5.99. The summed E-state index contributed by atoms with van der Waals surface area (Å²) in [5.74, 6) is -0.413. The molecule has 1 aliphatic rings. The van der Waals surface area contributed by atoms with Crippen LogP contribution < -0.4 is 5.32 Å². The summed E-state index contributed by atoms with van der Waals surface area (Å²) < 4.78 is 44.5. The van der Waals surface area contributed by atoms with Crippen LogP contribution >= 0.6 is 0 Å². The van der Waals surface area contributed by atoms with Crippen molar-refractivity contribution in [3.05, 3.63) is 71.8 Å². The maximum Gasteiger partial charge on any atom is 0.392 e. The van der Waals surface area contributed by atoms with E-state index in [0.717, 1.165) is 35.1 Å². The zero-order valence-corrected chi connectivity index (χ0v) is 19.0. The van der Waals surface area contributed by atoms with E-state index in [0.29, 0.717) is 23.3 Å². The molecule has 1 aromatic carbocycles. The Balaban J connectivity index is 1.69. The zero-order valence-electron chi connectivity index (χ0n) is 19.0. The molecular formula is C26H29F3N2O2. The van der Waals surface area contributed by atoms with Gasteiger partial charge in [-0.25, -0.2) is 0 Å². The van der Waals surface area contributed by atoms with E-state index >= 15 is 0 Å². The fraction of sp³-hybridized carbons (Fsp3) is 0.385. The van der Waals surface area contributed by atoms with Crippen LogP contribution in [0.2, 0.25) is 0 Å². The summed E-state index contributed by atoms with van der Waals surface area (Å²) >= 11 is 0. The first-order chi connectivity index (χ1) is 15.7. The summed E-state index contributed by atoms with van der Waals surface area (Å²) in [6.07, 6.45) is 3.30. The van der Waals surface area contributed by atoms with E-state index in [1.807, 2.05) is 31.2 Å². The normalized spacial score (nSPS) is 16.9. The van der Waals surface area contributed by atoms with Crippen molar-refractivity contribution in [3.8, 4) is 0 Å². The maximum atomic E-state index is 13.0. The Morgan fingerprint density at radius 3 is 2.82 bits per heavy atom. The maximum absolute atomic E-state index is 13.0. The van der Waals surface area contributed by atoms with Gasteiger partial charge in [-0.1, -0.05) is 44.2 Å². The Labute approximate surface area is 192 Å². The van der Waals surface area contributed by atoms with Gasteiger partial charge in [0.2, 0.25) is 0 Å². The van der Waals surface area contributed by atoms with Crippen molar-refractivity contribution in [1.82, 2.24) is 10.3 Å². The van der Waals surface area contributed by atoms with Gasteiger partial charge >= 0.3 is 6.18 Å². The monoisotopic (exact) mass is 458 g/mol. The summed E-state index contributed by atoms with van der Waals surface area (Å²) in [7, 11) is 0. The Kier molecular flexibility index (Phi) is 7.95. The van der Waals surface area contributed by atoms with E-state index in [9.17, 15) is 18.0 Å². The van der Waals surface area contributed by atoms with Gasteiger partial charge in [-0.3, -0.25) is 9.78 Å². The second kappa shape index (κ2) is 10.7. The molecule has 1 N–H and O–H groups in total. The quantitative estimate of drug-likeness (QED) is 0.436. The molecular weight excluding hydrogens is 429 g/mol.